The van der Waals surface area contributed by atoms with E-state index in [1.54, 1.807) is 17.7 Å². The highest BCUT2D eigenvalue weighted by molar-refractivity contribution is 5.15. The average Bonchev–Trinajstić information content (AvgIpc) is 2.78. The summed E-state index contributed by atoms with van der Waals surface area (Å²) in [6, 6.07) is 0.144. The summed E-state index contributed by atoms with van der Waals surface area (Å²) >= 11 is 0. The lowest BCUT2D eigenvalue weighted by molar-refractivity contribution is -0.0435. The van der Waals surface area contributed by atoms with E-state index >= 15 is 0 Å². The van der Waals surface area contributed by atoms with Gasteiger partial charge in [0.25, 0.3) is 5.56 Å². The molecule has 2 aliphatic rings. The van der Waals surface area contributed by atoms with Crippen LogP contribution in [0, 0.1) is 6.92 Å². The fourth-order valence-electron chi connectivity index (χ4n) is 2.16. The van der Waals surface area contributed by atoms with Crippen molar-refractivity contribution in [1.29, 1.82) is 0 Å². The summed E-state index contributed by atoms with van der Waals surface area (Å²) < 4.78 is 12.4. The Morgan fingerprint density at radius 3 is 3.06 bits per heavy atom. The van der Waals surface area contributed by atoms with E-state index in [1.165, 1.54) is 0 Å². The number of aliphatic hydroxyl groups excluding tert-OH is 2. The minimum absolute atomic E-state index is 0.144. The topological polar surface area (TPSA) is 93.8 Å². The molecule has 17 heavy (non-hydrogen) atoms. The van der Waals surface area contributed by atoms with E-state index in [-0.39, 0.29) is 18.2 Å². The highest BCUT2D eigenvalue weighted by atomic mass is 16.6. The standard InChI is InChI=1S/C10H12N2O5/c1-4-2-12-9-7(6(14)5(3-13)16-9)17-10(12)11-8(4)15/h2,5-7,9,13-14H,3H2,1H3/t5-,6+,7+,9-/m0/s1. The Labute approximate surface area is 96.2 Å². The number of aryl methyl sites for hydroxylation is 1. The van der Waals surface area contributed by atoms with Crippen molar-refractivity contribution >= 4 is 0 Å². The van der Waals surface area contributed by atoms with Gasteiger partial charge >= 0.3 is 6.01 Å². The van der Waals surface area contributed by atoms with Crippen molar-refractivity contribution in [2.75, 3.05) is 6.61 Å². The summed E-state index contributed by atoms with van der Waals surface area (Å²) in [6.07, 6.45) is -1.17. The molecule has 0 unspecified atom stereocenters. The zero-order chi connectivity index (χ0) is 12.2. The maximum atomic E-state index is 11.4. The average molecular weight is 240 g/mol. The molecular formula is C10H12N2O5. The third-order valence-corrected chi connectivity index (χ3v) is 3.10. The third-order valence-electron chi connectivity index (χ3n) is 3.10. The first-order valence-corrected chi connectivity index (χ1v) is 5.32. The van der Waals surface area contributed by atoms with Crippen LogP contribution in [0.1, 0.15) is 11.8 Å². The quantitative estimate of drug-likeness (QED) is 0.624. The van der Waals surface area contributed by atoms with Crippen LogP contribution in [0.4, 0.5) is 0 Å². The predicted octanol–water partition coefficient (Wildman–Crippen LogP) is -1.44. The minimum Gasteiger partial charge on any atom is -0.453 e. The zero-order valence-corrected chi connectivity index (χ0v) is 9.11. The van der Waals surface area contributed by atoms with Gasteiger partial charge in [-0.15, -0.1) is 0 Å². The molecule has 2 N–H and O–H groups in total. The number of hydrogen-bond donors (Lipinski definition) is 2. The van der Waals surface area contributed by atoms with Gasteiger partial charge in [0.15, 0.2) is 12.3 Å². The Morgan fingerprint density at radius 2 is 2.35 bits per heavy atom. The monoisotopic (exact) mass is 240 g/mol. The Balaban J connectivity index is 2.02. The fourth-order valence-corrected chi connectivity index (χ4v) is 2.16. The molecule has 7 nitrogen and oxygen atoms in total. The van der Waals surface area contributed by atoms with Gasteiger partial charge in [0, 0.05) is 11.8 Å². The summed E-state index contributed by atoms with van der Waals surface area (Å²) in [6.45, 7) is 1.37. The zero-order valence-electron chi connectivity index (χ0n) is 9.11. The lowest BCUT2D eigenvalue weighted by Gasteiger charge is -2.14. The Kier molecular flexibility index (Phi) is 2.22. The van der Waals surface area contributed by atoms with Crippen molar-refractivity contribution in [3.8, 4) is 6.01 Å². The molecule has 0 saturated carbocycles. The van der Waals surface area contributed by atoms with Crippen LogP contribution in [0.15, 0.2) is 11.0 Å². The predicted molar refractivity (Wildman–Crippen MR) is 54.7 cm³/mol. The summed E-state index contributed by atoms with van der Waals surface area (Å²) in [7, 11) is 0. The molecule has 1 aromatic heterocycles. The van der Waals surface area contributed by atoms with E-state index in [1.807, 2.05) is 0 Å². The van der Waals surface area contributed by atoms with Crippen LogP contribution in [-0.4, -0.2) is 44.7 Å². The van der Waals surface area contributed by atoms with Crippen molar-refractivity contribution in [3.63, 3.8) is 0 Å². The SMILES string of the molecule is Cc1cn2c(nc1=O)O[C@@H]1[C@H](O)[C@H](CO)O[C@@H]12. The molecule has 92 valence electrons. The van der Waals surface area contributed by atoms with Crippen LogP contribution in [0.25, 0.3) is 0 Å². The van der Waals surface area contributed by atoms with Gasteiger partial charge in [-0.2, -0.15) is 4.98 Å². The summed E-state index contributed by atoms with van der Waals surface area (Å²) in [5.74, 6) is 0. The first-order chi connectivity index (χ1) is 8.11. The summed E-state index contributed by atoms with van der Waals surface area (Å²) in [5, 5.41) is 18.9. The molecule has 3 rings (SSSR count). The summed E-state index contributed by atoms with van der Waals surface area (Å²) in [4.78, 5) is 15.1. The van der Waals surface area contributed by atoms with E-state index in [2.05, 4.69) is 4.98 Å². The lowest BCUT2D eigenvalue weighted by atomic mass is 10.1. The van der Waals surface area contributed by atoms with E-state index in [4.69, 9.17) is 14.6 Å². The Bertz CT molecular complexity index is 514. The van der Waals surface area contributed by atoms with Gasteiger partial charge in [-0.1, -0.05) is 0 Å². The van der Waals surface area contributed by atoms with Gasteiger partial charge in [0.05, 0.1) is 6.61 Å². The fraction of sp³-hybridized carbons (Fsp3) is 0.600. The molecular weight excluding hydrogens is 228 g/mol. The normalized spacial score (nSPS) is 34.3. The number of aromatic nitrogens is 2. The molecule has 1 aromatic rings. The third kappa shape index (κ3) is 1.40. The van der Waals surface area contributed by atoms with Crippen LogP contribution >= 0.6 is 0 Å². The molecule has 2 aliphatic heterocycles. The number of ether oxygens (including phenoxy) is 2. The highest BCUT2D eigenvalue weighted by Crippen LogP contribution is 2.38. The van der Waals surface area contributed by atoms with Crippen LogP contribution in [0.5, 0.6) is 6.01 Å². The van der Waals surface area contributed by atoms with Crippen molar-refractivity contribution in [2.24, 2.45) is 0 Å². The number of rotatable bonds is 1. The first kappa shape index (κ1) is 10.7. The lowest BCUT2D eigenvalue weighted by Crippen LogP contribution is -2.34. The molecule has 0 radical (unpaired) electrons. The maximum absolute atomic E-state index is 11.4. The van der Waals surface area contributed by atoms with Gasteiger partial charge in [0.2, 0.25) is 0 Å². The largest absolute Gasteiger partial charge is 0.453 e. The Morgan fingerprint density at radius 1 is 1.59 bits per heavy atom. The molecule has 0 spiro atoms. The van der Waals surface area contributed by atoms with Crippen molar-refractivity contribution < 1.29 is 19.7 Å². The second-order valence-electron chi connectivity index (χ2n) is 4.24. The van der Waals surface area contributed by atoms with Crippen LogP contribution < -0.4 is 10.3 Å². The second kappa shape index (κ2) is 3.52. The van der Waals surface area contributed by atoms with Gasteiger partial charge in [0.1, 0.15) is 12.2 Å². The molecule has 3 heterocycles. The van der Waals surface area contributed by atoms with Crippen LogP contribution in [0.2, 0.25) is 0 Å². The van der Waals surface area contributed by atoms with Crippen molar-refractivity contribution in [1.82, 2.24) is 9.55 Å². The number of aliphatic hydroxyl groups is 2. The molecule has 0 aliphatic carbocycles. The van der Waals surface area contributed by atoms with Crippen molar-refractivity contribution in [3.05, 3.63) is 22.1 Å². The van der Waals surface area contributed by atoms with Gasteiger partial charge < -0.3 is 19.7 Å². The van der Waals surface area contributed by atoms with Crippen LogP contribution in [-0.2, 0) is 4.74 Å². The van der Waals surface area contributed by atoms with E-state index in [0.29, 0.717) is 5.56 Å². The van der Waals surface area contributed by atoms with E-state index in [9.17, 15) is 9.90 Å². The van der Waals surface area contributed by atoms with Gasteiger partial charge in [-0.25, -0.2) is 0 Å². The Hall–Kier alpha value is -1.44. The smallest absolute Gasteiger partial charge is 0.302 e. The molecule has 7 heteroatoms. The van der Waals surface area contributed by atoms with Gasteiger partial charge in [-0.3, -0.25) is 9.36 Å². The number of fused-ring (bicyclic) bond motifs is 3. The first-order valence-electron chi connectivity index (χ1n) is 5.32. The molecule has 1 saturated heterocycles. The molecule has 4 atom stereocenters. The van der Waals surface area contributed by atoms with Gasteiger partial charge in [-0.05, 0) is 6.92 Å². The molecule has 0 aromatic carbocycles. The second-order valence-corrected chi connectivity index (χ2v) is 4.24. The molecule has 1 fully saturated rings. The minimum atomic E-state index is -0.929. The van der Waals surface area contributed by atoms with Crippen LogP contribution in [0.3, 0.4) is 0 Å². The number of hydrogen-bond acceptors (Lipinski definition) is 6. The number of nitrogens with zero attached hydrogens (tertiary/aromatic N) is 2. The van der Waals surface area contributed by atoms with Crippen molar-refractivity contribution in [2.45, 2.75) is 31.5 Å². The molecule has 0 amide bonds. The van der Waals surface area contributed by atoms with E-state index < -0.39 is 24.5 Å². The molecule has 0 bridgehead atoms. The van der Waals surface area contributed by atoms with E-state index in [0.717, 1.165) is 0 Å². The summed E-state index contributed by atoms with van der Waals surface area (Å²) in [5.41, 5.74) is 0.118. The highest BCUT2D eigenvalue weighted by Gasteiger charge is 2.50. The maximum Gasteiger partial charge on any atom is 0.302 e.